The molecule has 0 unspecified atom stereocenters. The zero-order valence-corrected chi connectivity index (χ0v) is 9.55. The first-order chi connectivity index (χ1) is 6.77. The van der Waals surface area contributed by atoms with Crippen LogP contribution in [-0.2, 0) is 17.9 Å². The van der Waals surface area contributed by atoms with Crippen LogP contribution in [0.25, 0.3) is 0 Å². The van der Waals surface area contributed by atoms with Crippen LogP contribution in [0.3, 0.4) is 0 Å². The Balaban J connectivity index is 2.38. The molecule has 0 aliphatic carbocycles. The van der Waals surface area contributed by atoms with E-state index in [0.29, 0.717) is 11.6 Å². The summed E-state index contributed by atoms with van der Waals surface area (Å²) in [6.07, 6.45) is 4.07. The predicted octanol–water partition coefficient (Wildman–Crippen LogP) is 2.87. The summed E-state index contributed by atoms with van der Waals surface area (Å²) in [7, 11) is 0. The third kappa shape index (κ3) is 3.31. The zero-order chi connectivity index (χ0) is 10.4. The highest BCUT2D eigenvalue weighted by atomic mass is 35.5. The first-order valence-electron chi connectivity index (χ1n) is 5.07. The first kappa shape index (κ1) is 11.5. The van der Waals surface area contributed by atoms with E-state index in [1.54, 1.807) is 0 Å². The minimum atomic E-state index is 0.520. The van der Waals surface area contributed by atoms with Crippen molar-refractivity contribution in [2.75, 3.05) is 6.61 Å². The topological polar surface area (TPSA) is 27.1 Å². The van der Waals surface area contributed by atoms with Crippen LogP contribution in [0.1, 0.15) is 32.4 Å². The quantitative estimate of drug-likeness (QED) is 0.684. The van der Waals surface area contributed by atoms with Gasteiger partial charge in [0.15, 0.2) is 0 Å². The molecular weight excluding hydrogens is 200 g/mol. The van der Waals surface area contributed by atoms with Crippen molar-refractivity contribution in [3.05, 3.63) is 16.9 Å². The van der Waals surface area contributed by atoms with E-state index in [4.69, 9.17) is 16.3 Å². The molecule has 0 atom stereocenters. The van der Waals surface area contributed by atoms with Gasteiger partial charge in [0.05, 0.1) is 11.6 Å². The number of hydrogen-bond acceptors (Lipinski definition) is 2. The molecule has 80 valence electrons. The van der Waals surface area contributed by atoms with Crippen molar-refractivity contribution in [3.63, 3.8) is 0 Å². The minimum absolute atomic E-state index is 0.520. The standard InChI is InChI=1S/C10H17ClN2O/c1-3-5-6-14-8-10-9(11)7-13(4-2)12-10/h7H,3-6,8H2,1-2H3. The number of aryl methyl sites for hydroxylation is 1. The molecule has 0 N–H and O–H groups in total. The monoisotopic (exact) mass is 216 g/mol. The van der Waals surface area contributed by atoms with Gasteiger partial charge in [-0.2, -0.15) is 5.10 Å². The summed E-state index contributed by atoms with van der Waals surface area (Å²) in [6.45, 7) is 6.32. The Bertz CT molecular complexity index is 273. The summed E-state index contributed by atoms with van der Waals surface area (Å²) in [4.78, 5) is 0. The Kier molecular flexibility index (Phi) is 4.98. The highest BCUT2D eigenvalue weighted by molar-refractivity contribution is 6.31. The molecule has 4 heteroatoms. The number of halogens is 1. The molecule has 0 aliphatic rings. The third-order valence-electron chi connectivity index (χ3n) is 1.99. The van der Waals surface area contributed by atoms with Gasteiger partial charge in [0, 0.05) is 19.3 Å². The minimum Gasteiger partial charge on any atom is -0.375 e. The first-order valence-corrected chi connectivity index (χ1v) is 5.45. The molecule has 0 bridgehead atoms. The van der Waals surface area contributed by atoms with Gasteiger partial charge in [-0.15, -0.1) is 0 Å². The lowest BCUT2D eigenvalue weighted by atomic mass is 10.4. The molecule has 0 amide bonds. The fraction of sp³-hybridized carbons (Fsp3) is 0.700. The van der Waals surface area contributed by atoms with Gasteiger partial charge in [0.1, 0.15) is 5.69 Å². The van der Waals surface area contributed by atoms with Crippen LogP contribution in [0, 0.1) is 0 Å². The van der Waals surface area contributed by atoms with Crippen LogP contribution in [0.4, 0.5) is 0 Å². The lowest BCUT2D eigenvalue weighted by molar-refractivity contribution is 0.115. The van der Waals surface area contributed by atoms with Gasteiger partial charge in [0.25, 0.3) is 0 Å². The van der Waals surface area contributed by atoms with Crippen molar-refractivity contribution in [3.8, 4) is 0 Å². The van der Waals surface area contributed by atoms with E-state index < -0.39 is 0 Å². The van der Waals surface area contributed by atoms with Crippen molar-refractivity contribution in [1.29, 1.82) is 0 Å². The van der Waals surface area contributed by atoms with Gasteiger partial charge in [-0.3, -0.25) is 4.68 Å². The smallest absolute Gasteiger partial charge is 0.107 e. The molecule has 0 saturated carbocycles. The predicted molar refractivity (Wildman–Crippen MR) is 57.5 cm³/mol. The van der Waals surface area contributed by atoms with Crippen LogP contribution >= 0.6 is 11.6 Å². The van der Waals surface area contributed by atoms with Gasteiger partial charge in [-0.25, -0.2) is 0 Å². The molecule has 3 nitrogen and oxygen atoms in total. The van der Waals surface area contributed by atoms with E-state index in [9.17, 15) is 0 Å². The van der Waals surface area contributed by atoms with Gasteiger partial charge >= 0.3 is 0 Å². The van der Waals surface area contributed by atoms with E-state index in [1.165, 1.54) is 0 Å². The summed E-state index contributed by atoms with van der Waals surface area (Å²) < 4.78 is 7.26. The second kappa shape index (κ2) is 6.04. The molecule has 1 aromatic rings. The van der Waals surface area contributed by atoms with Crippen molar-refractivity contribution in [2.45, 2.75) is 39.8 Å². The molecule has 0 saturated heterocycles. The maximum Gasteiger partial charge on any atom is 0.107 e. The number of ether oxygens (including phenoxy) is 1. The van der Waals surface area contributed by atoms with Crippen molar-refractivity contribution >= 4 is 11.6 Å². The Labute approximate surface area is 90.0 Å². The SMILES string of the molecule is CCCCOCc1nn(CC)cc1Cl. The Morgan fingerprint density at radius 2 is 2.29 bits per heavy atom. The summed E-state index contributed by atoms with van der Waals surface area (Å²) in [5.41, 5.74) is 0.838. The summed E-state index contributed by atoms with van der Waals surface area (Å²) >= 11 is 5.97. The van der Waals surface area contributed by atoms with Crippen LogP contribution in [0.15, 0.2) is 6.20 Å². The van der Waals surface area contributed by atoms with Crippen molar-refractivity contribution in [1.82, 2.24) is 9.78 Å². The van der Waals surface area contributed by atoms with Gasteiger partial charge in [-0.1, -0.05) is 24.9 Å². The van der Waals surface area contributed by atoms with Crippen molar-refractivity contribution in [2.24, 2.45) is 0 Å². The largest absolute Gasteiger partial charge is 0.375 e. The number of unbranched alkanes of at least 4 members (excludes halogenated alkanes) is 1. The van der Waals surface area contributed by atoms with Gasteiger partial charge in [-0.05, 0) is 13.3 Å². The van der Waals surface area contributed by atoms with Crippen LogP contribution < -0.4 is 0 Å². The maximum absolute atomic E-state index is 5.97. The molecule has 0 spiro atoms. The van der Waals surface area contributed by atoms with Crippen molar-refractivity contribution < 1.29 is 4.74 Å². The second-order valence-electron chi connectivity index (χ2n) is 3.19. The Morgan fingerprint density at radius 3 is 2.86 bits per heavy atom. The van der Waals surface area contributed by atoms with Crippen LogP contribution in [0.2, 0.25) is 5.02 Å². The molecule has 0 aliphatic heterocycles. The van der Waals surface area contributed by atoms with E-state index in [2.05, 4.69) is 12.0 Å². The highest BCUT2D eigenvalue weighted by Gasteiger charge is 2.05. The second-order valence-corrected chi connectivity index (χ2v) is 3.59. The fourth-order valence-electron chi connectivity index (χ4n) is 1.11. The molecule has 14 heavy (non-hydrogen) atoms. The number of nitrogens with zero attached hydrogens (tertiary/aromatic N) is 2. The molecule has 1 rings (SSSR count). The van der Waals surface area contributed by atoms with E-state index >= 15 is 0 Å². The molecule has 0 fully saturated rings. The van der Waals surface area contributed by atoms with E-state index in [-0.39, 0.29) is 0 Å². The average Bonchev–Trinajstić information content (AvgIpc) is 2.54. The lowest BCUT2D eigenvalue weighted by Gasteiger charge is -2.00. The molecule has 0 radical (unpaired) electrons. The van der Waals surface area contributed by atoms with Crippen LogP contribution in [-0.4, -0.2) is 16.4 Å². The molecular formula is C10H17ClN2O. The summed E-state index contributed by atoms with van der Waals surface area (Å²) in [5.74, 6) is 0. The number of aromatic nitrogens is 2. The summed E-state index contributed by atoms with van der Waals surface area (Å²) in [6, 6.07) is 0. The number of rotatable bonds is 6. The Morgan fingerprint density at radius 1 is 1.50 bits per heavy atom. The van der Waals surface area contributed by atoms with Crippen LogP contribution in [0.5, 0.6) is 0 Å². The molecule has 1 aromatic heterocycles. The van der Waals surface area contributed by atoms with E-state index in [1.807, 2.05) is 17.8 Å². The lowest BCUT2D eigenvalue weighted by Crippen LogP contribution is -1.99. The average molecular weight is 217 g/mol. The van der Waals surface area contributed by atoms with Gasteiger partial charge in [0.2, 0.25) is 0 Å². The fourth-order valence-corrected chi connectivity index (χ4v) is 1.32. The van der Waals surface area contributed by atoms with E-state index in [0.717, 1.165) is 31.7 Å². The zero-order valence-electron chi connectivity index (χ0n) is 8.79. The summed E-state index contributed by atoms with van der Waals surface area (Å²) in [5, 5.41) is 4.98. The van der Waals surface area contributed by atoms with Gasteiger partial charge < -0.3 is 4.74 Å². The molecule has 1 heterocycles. The third-order valence-corrected chi connectivity index (χ3v) is 2.31. The number of hydrogen-bond donors (Lipinski definition) is 0. The highest BCUT2D eigenvalue weighted by Crippen LogP contribution is 2.14. The normalized spacial score (nSPS) is 10.8. The molecule has 0 aromatic carbocycles. The maximum atomic E-state index is 5.97. The Hall–Kier alpha value is -0.540.